The minimum absolute atomic E-state index is 0.0377. The van der Waals surface area contributed by atoms with Crippen LogP contribution in [0.2, 0.25) is 0 Å². The van der Waals surface area contributed by atoms with Gasteiger partial charge < -0.3 is 10.4 Å². The lowest BCUT2D eigenvalue weighted by Gasteiger charge is -2.27. The fourth-order valence-corrected chi connectivity index (χ4v) is 3.14. The predicted octanol–water partition coefficient (Wildman–Crippen LogP) is 4.11. The second-order valence-electron chi connectivity index (χ2n) is 6.20. The van der Waals surface area contributed by atoms with E-state index in [-0.39, 0.29) is 18.4 Å². The lowest BCUT2D eigenvalue weighted by molar-refractivity contribution is -0.121. The van der Waals surface area contributed by atoms with E-state index in [0.717, 1.165) is 30.0 Å². The number of carbonyl (C=O) groups is 1. The molecule has 2 rings (SSSR count). The summed E-state index contributed by atoms with van der Waals surface area (Å²) in [5.41, 5.74) is 1.69. The van der Waals surface area contributed by atoms with Crippen molar-refractivity contribution in [3.63, 3.8) is 0 Å². The highest BCUT2D eigenvalue weighted by molar-refractivity contribution is 5.92. The third-order valence-corrected chi connectivity index (χ3v) is 4.59. The normalized spacial score (nSPS) is 22.0. The molecule has 116 valence electrons. The van der Waals surface area contributed by atoms with E-state index >= 15 is 0 Å². The van der Waals surface area contributed by atoms with Gasteiger partial charge in [0.1, 0.15) is 0 Å². The van der Waals surface area contributed by atoms with Crippen LogP contribution in [0.5, 0.6) is 0 Å². The first-order chi connectivity index (χ1) is 10.2. The minimum atomic E-state index is 0.0377. The largest absolute Gasteiger partial charge is 0.392 e. The molecule has 0 bridgehead atoms. The number of rotatable bonds is 6. The van der Waals surface area contributed by atoms with Gasteiger partial charge >= 0.3 is 0 Å². The summed E-state index contributed by atoms with van der Waals surface area (Å²) in [6.45, 7) is 2.27. The summed E-state index contributed by atoms with van der Waals surface area (Å²) in [4.78, 5) is 12.3. The topological polar surface area (TPSA) is 49.3 Å². The van der Waals surface area contributed by atoms with E-state index in [1.165, 1.54) is 32.1 Å². The number of carbonyl (C=O) groups excluding carboxylic acids is 1. The number of amides is 1. The Morgan fingerprint density at radius 2 is 1.86 bits per heavy atom. The smallest absolute Gasteiger partial charge is 0.227 e. The number of unbranched alkanes of at least 4 members (excludes halogenated alkanes) is 1. The zero-order valence-corrected chi connectivity index (χ0v) is 13.0. The van der Waals surface area contributed by atoms with Crippen molar-refractivity contribution < 1.29 is 9.90 Å². The van der Waals surface area contributed by atoms with E-state index < -0.39 is 0 Å². The Labute approximate surface area is 127 Å². The molecule has 0 saturated heterocycles. The van der Waals surface area contributed by atoms with Crippen LogP contribution >= 0.6 is 0 Å². The Kier molecular flexibility index (Phi) is 6.24. The summed E-state index contributed by atoms with van der Waals surface area (Å²) in [6, 6.07) is 7.40. The van der Waals surface area contributed by atoms with Gasteiger partial charge in [-0.2, -0.15) is 0 Å². The zero-order chi connectivity index (χ0) is 15.1. The lowest BCUT2D eigenvalue weighted by Crippen LogP contribution is -2.27. The van der Waals surface area contributed by atoms with Crippen molar-refractivity contribution in [2.75, 3.05) is 5.32 Å². The number of nitrogens with one attached hydrogen (secondary N) is 1. The van der Waals surface area contributed by atoms with Gasteiger partial charge in [-0.25, -0.2) is 0 Å². The molecule has 2 N–H and O–H groups in total. The summed E-state index contributed by atoms with van der Waals surface area (Å²) >= 11 is 0. The molecule has 1 aromatic carbocycles. The number of aliphatic hydroxyl groups excluding tert-OH is 1. The Morgan fingerprint density at radius 1 is 1.19 bits per heavy atom. The molecule has 0 aromatic heterocycles. The van der Waals surface area contributed by atoms with Crippen molar-refractivity contribution in [3.8, 4) is 0 Å². The van der Waals surface area contributed by atoms with E-state index in [2.05, 4.69) is 12.2 Å². The molecule has 0 heterocycles. The van der Waals surface area contributed by atoms with Crippen molar-refractivity contribution in [1.29, 1.82) is 0 Å². The standard InChI is InChI=1S/C18H27NO2/c1-2-3-4-14-5-9-16(10-6-14)18(21)19-17-11-7-15(13-20)8-12-17/h7-8,11-12,14,16,20H,2-6,9-10,13H2,1H3,(H,19,21). The maximum absolute atomic E-state index is 12.3. The molecule has 1 fully saturated rings. The van der Waals surface area contributed by atoms with Gasteiger partial charge in [0.2, 0.25) is 5.91 Å². The van der Waals surface area contributed by atoms with Crippen LogP contribution in [0.25, 0.3) is 0 Å². The molecule has 0 unspecified atom stereocenters. The fraction of sp³-hybridized carbons (Fsp3) is 0.611. The quantitative estimate of drug-likeness (QED) is 0.828. The van der Waals surface area contributed by atoms with Crippen LogP contribution in [0.3, 0.4) is 0 Å². The van der Waals surface area contributed by atoms with Crippen LogP contribution in [-0.4, -0.2) is 11.0 Å². The minimum Gasteiger partial charge on any atom is -0.392 e. The number of aliphatic hydroxyl groups is 1. The van der Waals surface area contributed by atoms with Crippen molar-refractivity contribution in [2.45, 2.75) is 58.5 Å². The molecule has 0 atom stereocenters. The van der Waals surface area contributed by atoms with Crippen molar-refractivity contribution >= 4 is 11.6 Å². The Hall–Kier alpha value is -1.35. The molecule has 1 amide bonds. The number of benzene rings is 1. The fourth-order valence-electron chi connectivity index (χ4n) is 3.14. The van der Waals surface area contributed by atoms with Crippen LogP contribution in [0.15, 0.2) is 24.3 Å². The maximum atomic E-state index is 12.3. The van der Waals surface area contributed by atoms with Gasteiger partial charge in [0.25, 0.3) is 0 Å². The van der Waals surface area contributed by atoms with Gasteiger partial charge in [0.05, 0.1) is 6.61 Å². The van der Waals surface area contributed by atoms with Crippen LogP contribution in [0.4, 0.5) is 5.69 Å². The Balaban J connectivity index is 1.78. The zero-order valence-electron chi connectivity index (χ0n) is 13.0. The van der Waals surface area contributed by atoms with Crippen molar-refractivity contribution in [1.82, 2.24) is 0 Å². The van der Waals surface area contributed by atoms with Gasteiger partial charge in [0, 0.05) is 11.6 Å². The third kappa shape index (κ3) is 4.85. The third-order valence-electron chi connectivity index (χ3n) is 4.59. The van der Waals surface area contributed by atoms with Gasteiger partial charge in [-0.05, 0) is 49.3 Å². The maximum Gasteiger partial charge on any atom is 0.227 e. The second-order valence-corrected chi connectivity index (χ2v) is 6.20. The summed E-state index contributed by atoms with van der Waals surface area (Å²) in [6.07, 6.45) is 8.35. The molecule has 1 saturated carbocycles. The lowest BCUT2D eigenvalue weighted by atomic mass is 9.79. The van der Waals surface area contributed by atoms with Crippen LogP contribution in [0, 0.1) is 11.8 Å². The van der Waals surface area contributed by atoms with Crippen LogP contribution in [0.1, 0.15) is 57.4 Å². The highest BCUT2D eigenvalue weighted by atomic mass is 16.3. The molecular formula is C18H27NO2. The predicted molar refractivity (Wildman–Crippen MR) is 86.0 cm³/mol. The van der Waals surface area contributed by atoms with Gasteiger partial charge in [0.15, 0.2) is 0 Å². The molecule has 1 aliphatic carbocycles. The molecule has 3 heteroatoms. The molecular weight excluding hydrogens is 262 g/mol. The molecule has 0 spiro atoms. The average molecular weight is 289 g/mol. The summed E-state index contributed by atoms with van der Waals surface area (Å²) in [5, 5.41) is 12.0. The monoisotopic (exact) mass is 289 g/mol. The van der Waals surface area contributed by atoms with Gasteiger partial charge in [-0.1, -0.05) is 38.3 Å². The van der Waals surface area contributed by atoms with Gasteiger partial charge in [-0.15, -0.1) is 0 Å². The molecule has 21 heavy (non-hydrogen) atoms. The molecule has 3 nitrogen and oxygen atoms in total. The molecule has 1 aromatic rings. The first-order valence-corrected chi connectivity index (χ1v) is 8.23. The van der Waals surface area contributed by atoms with Crippen molar-refractivity contribution in [2.24, 2.45) is 11.8 Å². The first kappa shape index (κ1) is 16.0. The van der Waals surface area contributed by atoms with E-state index in [0.29, 0.717) is 0 Å². The summed E-state index contributed by atoms with van der Waals surface area (Å²) < 4.78 is 0. The highest BCUT2D eigenvalue weighted by Crippen LogP contribution is 2.32. The van der Waals surface area contributed by atoms with Crippen LogP contribution < -0.4 is 5.32 Å². The SMILES string of the molecule is CCCCC1CCC(C(=O)Nc2ccc(CO)cc2)CC1. The number of hydrogen-bond donors (Lipinski definition) is 2. The molecule has 0 radical (unpaired) electrons. The van der Waals surface area contributed by atoms with Crippen molar-refractivity contribution in [3.05, 3.63) is 29.8 Å². The van der Waals surface area contributed by atoms with Gasteiger partial charge in [-0.3, -0.25) is 4.79 Å². The second kappa shape index (κ2) is 8.18. The summed E-state index contributed by atoms with van der Waals surface area (Å²) in [5.74, 6) is 1.15. The Bertz CT molecular complexity index is 433. The average Bonchev–Trinajstić information content (AvgIpc) is 2.54. The Morgan fingerprint density at radius 3 is 2.43 bits per heavy atom. The van der Waals surface area contributed by atoms with E-state index in [1.807, 2.05) is 24.3 Å². The number of anilines is 1. The highest BCUT2D eigenvalue weighted by Gasteiger charge is 2.25. The molecule has 1 aliphatic rings. The van der Waals surface area contributed by atoms with E-state index in [4.69, 9.17) is 5.11 Å². The van der Waals surface area contributed by atoms with E-state index in [9.17, 15) is 4.79 Å². The van der Waals surface area contributed by atoms with E-state index in [1.54, 1.807) is 0 Å². The number of hydrogen-bond acceptors (Lipinski definition) is 2. The molecule has 0 aliphatic heterocycles. The first-order valence-electron chi connectivity index (χ1n) is 8.23. The summed E-state index contributed by atoms with van der Waals surface area (Å²) in [7, 11) is 0. The van der Waals surface area contributed by atoms with Crippen LogP contribution in [-0.2, 0) is 11.4 Å².